The van der Waals surface area contributed by atoms with E-state index in [2.05, 4.69) is 15.1 Å². The van der Waals surface area contributed by atoms with Gasteiger partial charge in [-0.3, -0.25) is 4.79 Å². The van der Waals surface area contributed by atoms with E-state index in [1.54, 1.807) is 11.3 Å². The first-order chi connectivity index (χ1) is 10.1. The molecule has 7 heteroatoms. The van der Waals surface area contributed by atoms with E-state index in [-0.39, 0.29) is 5.92 Å². The van der Waals surface area contributed by atoms with Crippen LogP contribution in [0.3, 0.4) is 0 Å². The summed E-state index contributed by atoms with van der Waals surface area (Å²) in [7, 11) is 0. The molecule has 110 valence electrons. The van der Waals surface area contributed by atoms with E-state index >= 15 is 0 Å². The van der Waals surface area contributed by atoms with Gasteiger partial charge in [0.2, 0.25) is 5.89 Å². The fourth-order valence-electron chi connectivity index (χ4n) is 2.47. The molecule has 3 rings (SSSR count). The van der Waals surface area contributed by atoms with E-state index in [1.807, 2.05) is 24.5 Å². The molecule has 21 heavy (non-hydrogen) atoms. The van der Waals surface area contributed by atoms with Crippen LogP contribution in [0.2, 0.25) is 0 Å². The number of hydrogen-bond acceptors (Lipinski definition) is 6. The number of hydrogen-bond donors (Lipinski definition) is 1. The zero-order valence-corrected chi connectivity index (χ0v) is 12.3. The number of allylic oxidation sites excluding steroid dienone is 2. The summed E-state index contributed by atoms with van der Waals surface area (Å²) in [6, 6.07) is 0. The maximum absolute atomic E-state index is 11.3. The van der Waals surface area contributed by atoms with Crippen LogP contribution in [0.15, 0.2) is 22.1 Å². The van der Waals surface area contributed by atoms with Crippen LogP contribution in [-0.4, -0.2) is 26.2 Å². The molecule has 2 heterocycles. The third-order valence-electron chi connectivity index (χ3n) is 3.53. The van der Waals surface area contributed by atoms with Gasteiger partial charge in [0, 0.05) is 11.1 Å². The van der Waals surface area contributed by atoms with Crippen molar-refractivity contribution >= 4 is 17.3 Å². The number of carbonyl (C=O) groups is 1. The van der Waals surface area contributed by atoms with Crippen LogP contribution in [-0.2, 0) is 11.2 Å². The number of aliphatic carboxylic acids is 1. The van der Waals surface area contributed by atoms with Crippen molar-refractivity contribution in [3.63, 3.8) is 0 Å². The molecule has 0 aliphatic heterocycles. The van der Waals surface area contributed by atoms with Crippen molar-refractivity contribution in [1.82, 2.24) is 15.1 Å². The predicted molar refractivity (Wildman–Crippen MR) is 76.2 cm³/mol. The van der Waals surface area contributed by atoms with E-state index in [9.17, 15) is 9.90 Å². The first-order valence-electron chi connectivity index (χ1n) is 6.75. The first kappa shape index (κ1) is 13.9. The van der Waals surface area contributed by atoms with Gasteiger partial charge in [-0.2, -0.15) is 4.98 Å². The van der Waals surface area contributed by atoms with Gasteiger partial charge in [-0.25, -0.2) is 4.98 Å². The molecule has 0 spiro atoms. The molecule has 2 aromatic heterocycles. The lowest BCUT2D eigenvalue weighted by atomic mass is 9.83. The highest BCUT2D eigenvalue weighted by molar-refractivity contribution is 7.09. The summed E-state index contributed by atoms with van der Waals surface area (Å²) < 4.78 is 5.28. The molecule has 2 aromatic rings. The highest BCUT2D eigenvalue weighted by Gasteiger charge is 2.33. The normalized spacial score (nSPS) is 21.6. The van der Waals surface area contributed by atoms with Crippen molar-refractivity contribution in [2.75, 3.05) is 0 Å². The van der Waals surface area contributed by atoms with Crippen LogP contribution in [0.25, 0.3) is 0 Å². The molecule has 0 bridgehead atoms. The number of aryl methyl sites for hydroxylation is 1. The van der Waals surface area contributed by atoms with E-state index in [4.69, 9.17) is 4.52 Å². The van der Waals surface area contributed by atoms with Crippen molar-refractivity contribution in [1.29, 1.82) is 0 Å². The smallest absolute Gasteiger partial charge is 0.307 e. The Morgan fingerprint density at radius 1 is 1.43 bits per heavy atom. The molecule has 0 saturated heterocycles. The number of carboxylic acids is 1. The van der Waals surface area contributed by atoms with Crippen LogP contribution >= 0.6 is 11.3 Å². The van der Waals surface area contributed by atoms with E-state index < -0.39 is 11.9 Å². The second kappa shape index (κ2) is 5.77. The molecule has 6 nitrogen and oxygen atoms in total. The molecule has 0 aromatic carbocycles. The van der Waals surface area contributed by atoms with Gasteiger partial charge in [-0.1, -0.05) is 17.3 Å². The average molecular weight is 305 g/mol. The Kier molecular flexibility index (Phi) is 3.83. The summed E-state index contributed by atoms with van der Waals surface area (Å²) in [4.78, 5) is 20.0. The summed E-state index contributed by atoms with van der Waals surface area (Å²) in [6.07, 6.45) is 5.50. The second-order valence-corrected chi connectivity index (χ2v) is 6.04. The van der Waals surface area contributed by atoms with E-state index in [0.717, 1.165) is 10.7 Å². The molecular formula is C14H15N3O3S. The van der Waals surface area contributed by atoms with Crippen LogP contribution in [0, 0.1) is 12.8 Å². The molecule has 0 fully saturated rings. The van der Waals surface area contributed by atoms with Crippen molar-refractivity contribution in [2.45, 2.75) is 32.1 Å². The zero-order chi connectivity index (χ0) is 14.8. The third-order valence-corrected chi connectivity index (χ3v) is 4.49. The Morgan fingerprint density at radius 3 is 2.95 bits per heavy atom. The van der Waals surface area contributed by atoms with Gasteiger partial charge < -0.3 is 9.63 Å². The molecular weight excluding hydrogens is 290 g/mol. The van der Waals surface area contributed by atoms with Gasteiger partial charge in [0.1, 0.15) is 5.01 Å². The Morgan fingerprint density at radius 2 is 2.24 bits per heavy atom. The van der Waals surface area contributed by atoms with Crippen molar-refractivity contribution < 1.29 is 14.4 Å². The molecule has 1 N–H and O–H groups in total. The largest absolute Gasteiger partial charge is 0.481 e. The van der Waals surface area contributed by atoms with Gasteiger partial charge in [0.05, 0.1) is 18.3 Å². The monoisotopic (exact) mass is 305 g/mol. The SMILES string of the molecule is Cc1csc(Cc2noc([C@@H]3CC=CC[C@@H]3C(=O)O)n2)n1. The second-order valence-electron chi connectivity index (χ2n) is 5.10. The van der Waals surface area contributed by atoms with E-state index in [1.165, 1.54) is 0 Å². The lowest BCUT2D eigenvalue weighted by molar-refractivity contribution is -0.142. The Balaban J connectivity index is 1.77. The quantitative estimate of drug-likeness (QED) is 0.873. The fourth-order valence-corrected chi connectivity index (χ4v) is 3.24. The van der Waals surface area contributed by atoms with E-state index in [0.29, 0.717) is 31.0 Å². The fraction of sp³-hybridized carbons (Fsp3) is 0.429. The standard InChI is InChI=1S/C14H15N3O3S/c1-8-7-21-12(15-8)6-11-16-13(20-17-11)9-4-2-3-5-10(9)14(18)19/h2-3,7,9-10H,4-6H2,1H3,(H,18,19)/t9-,10+/m1/s1. The molecule has 2 atom stereocenters. The maximum atomic E-state index is 11.3. The molecule has 1 aliphatic rings. The number of aromatic nitrogens is 3. The molecule has 0 saturated carbocycles. The third kappa shape index (κ3) is 3.02. The molecule has 1 aliphatic carbocycles. The minimum absolute atomic E-state index is 0.244. The first-order valence-corrected chi connectivity index (χ1v) is 7.62. The summed E-state index contributed by atoms with van der Waals surface area (Å²) in [5, 5.41) is 16.1. The average Bonchev–Trinajstić information content (AvgIpc) is 3.08. The topological polar surface area (TPSA) is 89.1 Å². The minimum Gasteiger partial charge on any atom is -0.481 e. The van der Waals surface area contributed by atoms with Gasteiger partial charge in [-0.15, -0.1) is 11.3 Å². The maximum Gasteiger partial charge on any atom is 0.307 e. The Hall–Kier alpha value is -2.02. The van der Waals surface area contributed by atoms with Crippen molar-refractivity contribution in [3.8, 4) is 0 Å². The van der Waals surface area contributed by atoms with Gasteiger partial charge in [0.15, 0.2) is 5.82 Å². The number of nitrogens with zero attached hydrogens (tertiary/aromatic N) is 3. The lowest BCUT2D eigenvalue weighted by Gasteiger charge is -2.21. The number of rotatable bonds is 4. The molecule has 0 unspecified atom stereocenters. The summed E-state index contributed by atoms with van der Waals surface area (Å²) >= 11 is 1.56. The van der Waals surface area contributed by atoms with Crippen LogP contribution in [0.1, 0.15) is 41.2 Å². The van der Waals surface area contributed by atoms with Crippen LogP contribution in [0.5, 0.6) is 0 Å². The zero-order valence-electron chi connectivity index (χ0n) is 11.5. The number of thiazole rings is 1. The Bertz CT molecular complexity index is 677. The highest BCUT2D eigenvalue weighted by Crippen LogP contribution is 2.34. The van der Waals surface area contributed by atoms with Gasteiger partial charge in [0.25, 0.3) is 0 Å². The lowest BCUT2D eigenvalue weighted by Crippen LogP contribution is -2.23. The van der Waals surface area contributed by atoms with Crippen molar-refractivity contribution in [3.05, 3.63) is 39.9 Å². The summed E-state index contributed by atoms with van der Waals surface area (Å²) in [5.41, 5.74) is 0.974. The molecule has 0 radical (unpaired) electrons. The van der Waals surface area contributed by atoms with Gasteiger partial charge >= 0.3 is 5.97 Å². The van der Waals surface area contributed by atoms with Crippen LogP contribution < -0.4 is 0 Å². The predicted octanol–water partition coefficient (Wildman–Crippen LogP) is 2.56. The highest BCUT2D eigenvalue weighted by atomic mass is 32.1. The number of carboxylic acid groups (broad SMARTS) is 1. The molecule has 0 amide bonds. The minimum atomic E-state index is -0.820. The Labute approximate surface area is 125 Å². The van der Waals surface area contributed by atoms with Crippen LogP contribution in [0.4, 0.5) is 0 Å². The van der Waals surface area contributed by atoms with Gasteiger partial charge in [-0.05, 0) is 19.8 Å². The summed E-state index contributed by atoms with van der Waals surface area (Å²) in [6.45, 7) is 1.94. The van der Waals surface area contributed by atoms with Crippen molar-refractivity contribution in [2.24, 2.45) is 5.92 Å². The summed E-state index contributed by atoms with van der Waals surface area (Å²) in [5.74, 6) is -0.593.